The number of hydrogen-bond acceptors (Lipinski definition) is 2. The molecular formula is C24H24Cl2N2O2. The van der Waals surface area contributed by atoms with Crippen LogP contribution in [0.1, 0.15) is 45.4 Å². The number of carbonyl (C=O) groups is 1. The van der Waals surface area contributed by atoms with Gasteiger partial charge in [-0.15, -0.1) is 0 Å². The Morgan fingerprint density at radius 2 is 1.67 bits per heavy atom. The predicted molar refractivity (Wildman–Crippen MR) is 124 cm³/mol. The monoisotopic (exact) mass is 442 g/mol. The lowest BCUT2D eigenvalue weighted by Gasteiger charge is -2.20. The maximum Gasteiger partial charge on any atom is 0.261 e. The van der Waals surface area contributed by atoms with Gasteiger partial charge in [0.1, 0.15) is 10.6 Å². The second-order valence-electron chi connectivity index (χ2n) is 7.32. The fourth-order valence-electron chi connectivity index (χ4n) is 3.60. The summed E-state index contributed by atoms with van der Waals surface area (Å²) >= 11 is 12.3. The van der Waals surface area contributed by atoms with Crippen LogP contribution < -0.4 is 10.7 Å². The largest absolute Gasteiger partial charge is 0.342 e. The van der Waals surface area contributed by atoms with Crippen molar-refractivity contribution in [3.8, 4) is 0 Å². The summed E-state index contributed by atoms with van der Waals surface area (Å²) in [6.45, 7) is 7.98. The van der Waals surface area contributed by atoms with Crippen LogP contribution in [0.2, 0.25) is 10.0 Å². The second kappa shape index (κ2) is 9.07. The fourth-order valence-corrected chi connectivity index (χ4v) is 3.92. The molecule has 0 saturated carbocycles. The number of nitrogens with one attached hydrogen (secondary N) is 1. The average molecular weight is 443 g/mol. The summed E-state index contributed by atoms with van der Waals surface area (Å²) in [6.07, 6.45) is 0.770. The van der Waals surface area contributed by atoms with E-state index < -0.39 is 11.3 Å². The highest BCUT2D eigenvalue weighted by molar-refractivity contribution is 6.31. The minimum Gasteiger partial charge on any atom is -0.342 e. The van der Waals surface area contributed by atoms with Crippen LogP contribution in [0.4, 0.5) is 5.69 Å². The standard InChI is InChI=1S/C24H24Cl2N2O2/c1-5-18-8-6-7-14(2)22(18)27-24(30)20-15(3)28(16(4)21(26)23(20)29)13-17-9-11-19(25)12-10-17/h6-12H,5,13H2,1-4H3,(H,27,30). The maximum atomic E-state index is 13.2. The van der Waals surface area contributed by atoms with Gasteiger partial charge < -0.3 is 9.88 Å². The Kier molecular flexibility index (Phi) is 6.69. The summed E-state index contributed by atoms with van der Waals surface area (Å²) in [5, 5.41) is 3.65. The highest BCUT2D eigenvalue weighted by Gasteiger charge is 2.22. The molecular weight excluding hydrogens is 419 g/mol. The van der Waals surface area contributed by atoms with E-state index in [0.717, 1.165) is 28.8 Å². The number of hydrogen-bond donors (Lipinski definition) is 1. The molecule has 0 aliphatic carbocycles. The van der Waals surface area contributed by atoms with Crippen molar-refractivity contribution in [3.05, 3.63) is 96.4 Å². The van der Waals surface area contributed by atoms with Gasteiger partial charge in [-0.3, -0.25) is 9.59 Å². The van der Waals surface area contributed by atoms with Crippen molar-refractivity contribution in [2.45, 2.75) is 40.7 Å². The van der Waals surface area contributed by atoms with Gasteiger partial charge in [-0.25, -0.2) is 0 Å². The molecule has 0 fully saturated rings. The molecule has 1 aromatic heterocycles. The first-order chi connectivity index (χ1) is 14.2. The van der Waals surface area contributed by atoms with E-state index in [9.17, 15) is 9.59 Å². The number of pyridine rings is 1. The number of carbonyl (C=O) groups excluding carboxylic acids is 1. The van der Waals surface area contributed by atoms with Crippen molar-refractivity contribution < 1.29 is 4.79 Å². The number of para-hydroxylation sites is 1. The molecule has 30 heavy (non-hydrogen) atoms. The number of anilines is 1. The first-order valence-electron chi connectivity index (χ1n) is 9.78. The first-order valence-corrected chi connectivity index (χ1v) is 10.5. The van der Waals surface area contributed by atoms with Crippen molar-refractivity contribution in [1.29, 1.82) is 0 Å². The molecule has 0 aliphatic rings. The smallest absolute Gasteiger partial charge is 0.261 e. The zero-order valence-corrected chi connectivity index (χ0v) is 19.0. The summed E-state index contributed by atoms with van der Waals surface area (Å²) in [5.41, 5.74) is 4.49. The van der Waals surface area contributed by atoms with E-state index in [0.29, 0.717) is 23.0 Å². The molecule has 1 amide bonds. The summed E-state index contributed by atoms with van der Waals surface area (Å²) in [4.78, 5) is 26.1. The van der Waals surface area contributed by atoms with Crippen LogP contribution in [0, 0.1) is 20.8 Å². The maximum absolute atomic E-state index is 13.2. The SMILES string of the molecule is CCc1cccc(C)c1NC(=O)c1c(C)n(Cc2ccc(Cl)cc2)c(C)c(Cl)c1=O. The Labute approximate surface area is 186 Å². The lowest BCUT2D eigenvalue weighted by molar-refractivity contribution is 0.102. The molecule has 0 unspecified atom stereocenters. The van der Waals surface area contributed by atoms with E-state index in [2.05, 4.69) is 5.32 Å². The minimum atomic E-state index is -0.455. The molecule has 2 aromatic carbocycles. The van der Waals surface area contributed by atoms with E-state index in [1.165, 1.54) is 0 Å². The number of aromatic nitrogens is 1. The zero-order valence-electron chi connectivity index (χ0n) is 17.5. The summed E-state index contributed by atoms with van der Waals surface area (Å²) < 4.78 is 1.89. The number of aryl methyl sites for hydroxylation is 2. The molecule has 0 atom stereocenters. The van der Waals surface area contributed by atoms with Crippen molar-refractivity contribution in [2.24, 2.45) is 0 Å². The molecule has 0 radical (unpaired) electrons. The van der Waals surface area contributed by atoms with E-state index in [-0.39, 0.29) is 10.6 Å². The van der Waals surface area contributed by atoms with E-state index in [1.54, 1.807) is 13.8 Å². The molecule has 1 heterocycles. The molecule has 0 spiro atoms. The lowest BCUT2D eigenvalue weighted by atomic mass is 10.0. The van der Waals surface area contributed by atoms with E-state index >= 15 is 0 Å². The molecule has 6 heteroatoms. The van der Waals surface area contributed by atoms with Crippen LogP contribution in [-0.2, 0) is 13.0 Å². The van der Waals surface area contributed by atoms with Gasteiger partial charge in [0.2, 0.25) is 5.43 Å². The molecule has 0 aliphatic heterocycles. The topological polar surface area (TPSA) is 51.1 Å². The molecule has 3 rings (SSSR count). The van der Waals surface area contributed by atoms with Crippen molar-refractivity contribution in [1.82, 2.24) is 4.57 Å². The Morgan fingerprint density at radius 3 is 2.30 bits per heavy atom. The van der Waals surface area contributed by atoms with Crippen LogP contribution in [0.5, 0.6) is 0 Å². The average Bonchev–Trinajstić information content (AvgIpc) is 2.72. The third-order valence-electron chi connectivity index (χ3n) is 5.38. The van der Waals surface area contributed by atoms with Gasteiger partial charge in [0.05, 0.1) is 0 Å². The van der Waals surface area contributed by atoms with Gasteiger partial charge in [-0.1, -0.05) is 60.5 Å². The lowest BCUT2D eigenvalue weighted by Crippen LogP contribution is -2.29. The van der Waals surface area contributed by atoms with Gasteiger partial charge in [-0.05, 0) is 56.0 Å². The number of nitrogens with zero attached hydrogens (tertiary/aromatic N) is 1. The van der Waals surface area contributed by atoms with Crippen molar-refractivity contribution in [2.75, 3.05) is 5.32 Å². The van der Waals surface area contributed by atoms with Crippen LogP contribution in [0.3, 0.4) is 0 Å². The Balaban J connectivity index is 2.07. The van der Waals surface area contributed by atoms with Gasteiger partial charge in [0.25, 0.3) is 5.91 Å². The molecule has 1 N–H and O–H groups in total. The third-order valence-corrected chi connectivity index (χ3v) is 6.07. The van der Waals surface area contributed by atoms with Crippen LogP contribution in [0.15, 0.2) is 47.3 Å². The summed E-state index contributed by atoms with van der Waals surface area (Å²) in [6, 6.07) is 13.3. The fraction of sp³-hybridized carbons (Fsp3) is 0.250. The zero-order chi connectivity index (χ0) is 22.0. The Morgan fingerprint density at radius 1 is 1.00 bits per heavy atom. The molecule has 0 bridgehead atoms. The van der Waals surface area contributed by atoms with Crippen molar-refractivity contribution in [3.63, 3.8) is 0 Å². The molecule has 156 valence electrons. The van der Waals surface area contributed by atoms with Crippen LogP contribution >= 0.6 is 23.2 Å². The number of amides is 1. The molecule has 4 nitrogen and oxygen atoms in total. The Hall–Kier alpha value is -2.56. The van der Waals surface area contributed by atoms with Gasteiger partial charge in [0.15, 0.2) is 0 Å². The highest BCUT2D eigenvalue weighted by Crippen LogP contribution is 2.24. The molecule has 0 saturated heterocycles. The number of rotatable bonds is 5. The van der Waals surface area contributed by atoms with Crippen LogP contribution in [-0.4, -0.2) is 10.5 Å². The Bertz CT molecular complexity index is 1170. The second-order valence-corrected chi connectivity index (χ2v) is 8.13. The summed E-state index contributed by atoms with van der Waals surface area (Å²) in [7, 11) is 0. The minimum absolute atomic E-state index is 0.0558. The first kappa shape index (κ1) is 22.1. The normalized spacial score (nSPS) is 10.9. The van der Waals surface area contributed by atoms with Gasteiger partial charge >= 0.3 is 0 Å². The van der Waals surface area contributed by atoms with Crippen LogP contribution in [0.25, 0.3) is 0 Å². The van der Waals surface area contributed by atoms with E-state index in [1.807, 2.05) is 60.9 Å². The molecule has 3 aromatic rings. The number of benzene rings is 2. The van der Waals surface area contributed by atoms with Gasteiger partial charge in [0, 0.05) is 28.6 Å². The highest BCUT2D eigenvalue weighted by atomic mass is 35.5. The number of halogens is 2. The third kappa shape index (κ3) is 4.30. The van der Waals surface area contributed by atoms with Gasteiger partial charge in [-0.2, -0.15) is 0 Å². The van der Waals surface area contributed by atoms with E-state index in [4.69, 9.17) is 23.2 Å². The quantitative estimate of drug-likeness (QED) is 0.530. The predicted octanol–water partition coefficient (Wildman–Crippen LogP) is 5.94. The summed E-state index contributed by atoms with van der Waals surface area (Å²) in [5.74, 6) is -0.451. The van der Waals surface area contributed by atoms with Crippen molar-refractivity contribution >= 4 is 34.8 Å².